The number of imidazole rings is 1. The molecule has 0 unspecified atom stereocenters. The van der Waals surface area contributed by atoms with Crippen LogP contribution in [0.1, 0.15) is 21.7 Å². The minimum atomic E-state index is -0.361. The molecule has 0 aliphatic heterocycles. The van der Waals surface area contributed by atoms with Gasteiger partial charge in [0.15, 0.2) is 0 Å². The van der Waals surface area contributed by atoms with E-state index in [0.29, 0.717) is 17.9 Å². The number of hydrogen-bond acceptors (Lipinski definition) is 4. The van der Waals surface area contributed by atoms with E-state index in [-0.39, 0.29) is 12.6 Å². The Bertz CT molecular complexity index is 824. The second kappa shape index (κ2) is 5.99. The first kappa shape index (κ1) is 14.3. The van der Waals surface area contributed by atoms with Crippen LogP contribution in [-0.2, 0) is 17.9 Å². The summed E-state index contributed by atoms with van der Waals surface area (Å²) in [7, 11) is 1.36. The van der Waals surface area contributed by atoms with Gasteiger partial charge < -0.3 is 14.4 Å². The number of fused-ring (bicyclic) bond motifs is 1. The van der Waals surface area contributed by atoms with Crippen molar-refractivity contribution >= 4 is 17.0 Å². The van der Waals surface area contributed by atoms with Crippen molar-refractivity contribution in [3.63, 3.8) is 0 Å². The van der Waals surface area contributed by atoms with E-state index in [4.69, 9.17) is 4.74 Å². The number of aliphatic hydroxyl groups is 1. The monoisotopic (exact) mass is 296 g/mol. The van der Waals surface area contributed by atoms with Gasteiger partial charge >= 0.3 is 5.97 Å². The number of nitrogens with zero attached hydrogens (tertiary/aromatic N) is 2. The number of carbonyl (C=O) groups is 1. The average molecular weight is 296 g/mol. The first-order chi connectivity index (χ1) is 10.7. The summed E-state index contributed by atoms with van der Waals surface area (Å²) >= 11 is 0. The van der Waals surface area contributed by atoms with Crippen molar-refractivity contribution in [1.29, 1.82) is 0 Å². The SMILES string of the molecule is COC(=O)c1cccc(Cn2c(CO)nc3ccccc32)c1. The van der Waals surface area contributed by atoms with Gasteiger partial charge in [0.05, 0.1) is 23.7 Å². The van der Waals surface area contributed by atoms with Crippen molar-refractivity contribution in [3.8, 4) is 0 Å². The molecule has 0 aliphatic carbocycles. The molecule has 0 aliphatic rings. The molecular weight excluding hydrogens is 280 g/mol. The molecule has 0 radical (unpaired) electrons. The molecule has 0 fully saturated rings. The molecule has 1 N–H and O–H groups in total. The summed E-state index contributed by atoms with van der Waals surface area (Å²) in [4.78, 5) is 16.0. The highest BCUT2D eigenvalue weighted by Gasteiger charge is 2.11. The van der Waals surface area contributed by atoms with Gasteiger partial charge in [-0.2, -0.15) is 0 Å². The number of rotatable bonds is 4. The van der Waals surface area contributed by atoms with Crippen molar-refractivity contribution in [3.05, 3.63) is 65.5 Å². The molecule has 0 bridgehead atoms. The van der Waals surface area contributed by atoms with Crippen LogP contribution in [0.3, 0.4) is 0 Å². The number of aliphatic hydroxyl groups excluding tert-OH is 1. The van der Waals surface area contributed by atoms with Gasteiger partial charge in [0.25, 0.3) is 0 Å². The molecule has 2 aromatic carbocycles. The molecule has 0 atom stereocenters. The number of ether oxygens (including phenoxy) is 1. The summed E-state index contributed by atoms with van der Waals surface area (Å²) in [6.07, 6.45) is 0. The molecule has 3 rings (SSSR count). The third-order valence-electron chi connectivity index (χ3n) is 3.56. The zero-order valence-corrected chi connectivity index (χ0v) is 12.2. The van der Waals surface area contributed by atoms with Crippen LogP contribution in [0.25, 0.3) is 11.0 Å². The van der Waals surface area contributed by atoms with Gasteiger partial charge in [-0.25, -0.2) is 9.78 Å². The number of benzene rings is 2. The van der Waals surface area contributed by atoms with E-state index in [2.05, 4.69) is 4.98 Å². The Labute approximate surface area is 127 Å². The second-order valence-electron chi connectivity index (χ2n) is 4.95. The molecule has 22 heavy (non-hydrogen) atoms. The predicted octanol–water partition coefficient (Wildman–Crippen LogP) is 2.36. The van der Waals surface area contributed by atoms with Crippen molar-refractivity contribution < 1.29 is 14.6 Å². The Morgan fingerprint density at radius 2 is 2.05 bits per heavy atom. The molecule has 5 heteroatoms. The standard InChI is InChI=1S/C17H16N2O3/c1-22-17(21)13-6-4-5-12(9-13)10-19-15-8-3-2-7-14(15)18-16(19)11-20/h2-9,20H,10-11H2,1H3. The highest BCUT2D eigenvalue weighted by Crippen LogP contribution is 2.18. The van der Waals surface area contributed by atoms with E-state index in [1.807, 2.05) is 41.0 Å². The van der Waals surface area contributed by atoms with Gasteiger partial charge in [-0.3, -0.25) is 0 Å². The zero-order valence-electron chi connectivity index (χ0n) is 12.2. The number of hydrogen-bond donors (Lipinski definition) is 1. The molecule has 1 heterocycles. The maximum Gasteiger partial charge on any atom is 0.337 e. The smallest absolute Gasteiger partial charge is 0.337 e. The van der Waals surface area contributed by atoms with Crippen LogP contribution >= 0.6 is 0 Å². The van der Waals surface area contributed by atoms with Crippen LogP contribution in [0.2, 0.25) is 0 Å². The normalized spacial score (nSPS) is 10.8. The second-order valence-corrected chi connectivity index (χ2v) is 4.95. The maximum absolute atomic E-state index is 11.6. The lowest BCUT2D eigenvalue weighted by Crippen LogP contribution is -2.07. The Morgan fingerprint density at radius 3 is 2.82 bits per heavy atom. The van der Waals surface area contributed by atoms with E-state index < -0.39 is 0 Å². The Morgan fingerprint density at radius 1 is 1.23 bits per heavy atom. The van der Waals surface area contributed by atoms with Crippen molar-refractivity contribution in [1.82, 2.24) is 9.55 Å². The molecule has 0 amide bonds. The minimum absolute atomic E-state index is 0.134. The fourth-order valence-electron chi connectivity index (χ4n) is 2.52. The lowest BCUT2D eigenvalue weighted by Gasteiger charge is -2.09. The lowest BCUT2D eigenvalue weighted by molar-refractivity contribution is 0.0600. The Kier molecular flexibility index (Phi) is 3.89. The van der Waals surface area contributed by atoms with E-state index in [0.717, 1.165) is 16.6 Å². The first-order valence-corrected chi connectivity index (χ1v) is 6.95. The highest BCUT2D eigenvalue weighted by atomic mass is 16.5. The third kappa shape index (κ3) is 2.58. The van der Waals surface area contributed by atoms with Gasteiger partial charge in [0.1, 0.15) is 12.4 Å². The minimum Gasteiger partial charge on any atom is -0.465 e. The predicted molar refractivity (Wildman–Crippen MR) is 82.5 cm³/mol. The largest absolute Gasteiger partial charge is 0.465 e. The number of aromatic nitrogens is 2. The zero-order chi connectivity index (χ0) is 15.5. The van der Waals surface area contributed by atoms with Crippen LogP contribution in [0.5, 0.6) is 0 Å². The topological polar surface area (TPSA) is 64.3 Å². The number of methoxy groups -OCH3 is 1. The quantitative estimate of drug-likeness (QED) is 0.751. The summed E-state index contributed by atoms with van der Waals surface area (Å²) in [6.45, 7) is 0.395. The molecule has 0 saturated carbocycles. The number of para-hydroxylation sites is 2. The van der Waals surface area contributed by atoms with E-state index in [1.165, 1.54) is 7.11 Å². The van der Waals surface area contributed by atoms with E-state index in [9.17, 15) is 9.90 Å². The maximum atomic E-state index is 11.6. The average Bonchev–Trinajstić information content (AvgIpc) is 2.92. The summed E-state index contributed by atoms with van der Waals surface area (Å²) in [5.41, 5.74) is 3.25. The summed E-state index contributed by atoms with van der Waals surface area (Å²) in [6, 6.07) is 15.0. The first-order valence-electron chi connectivity index (χ1n) is 6.95. The molecule has 0 spiro atoms. The van der Waals surface area contributed by atoms with Gasteiger partial charge in [-0.05, 0) is 29.8 Å². The van der Waals surface area contributed by atoms with Crippen molar-refractivity contribution in [2.24, 2.45) is 0 Å². The van der Waals surface area contributed by atoms with Gasteiger partial charge in [-0.1, -0.05) is 24.3 Å². The highest BCUT2D eigenvalue weighted by molar-refractivity contribution is 5.89. The Hall–Kier alpha value is -2.66. The van der Waals surface area contributed by atoms with Crippen molar-refractivity contribution in [2.45, 2.75) is 13.2 Å². The van der Waals surface area contributed by atoms with E-state index in [1.54, 1.807) is 12.1 Å². The molecule has 5 nitrogen and oxygen atoms in total. The van der Waals surface area contributed by atoms with Crippen LogP contribution < -0.4 is 0 Å². The van der Waals surface area contributed by atoms with Crippen molar-refractivity contribution in [2.75, 3.05) is 7.11 Å². The number of esters is 1. The third-order valence-corrected chi connectivity index (χ3v) is 3.56. The fourth-order valence-corrected chi connectivity index (χ4v) is 2.52. The van der Waals surface area contributed by atoms with Gasteiger partial charge in [-0.15, -0.1) is 0 Å². The molecule has 3 aromatic rings. The van der Waals surface area contributed by atoms with Crippen LogP contribution in [0, 0.1) is 0 Å². The lowest BCUT2D eigenvalue weighted by atomic mass is 10.1. The Balaban J connectivity index is 2.01. The van der Waals surface area contributed by atoms with E-state index >= 15 is 0 Å². The van der Waals surface area contributed by atoms with Gasteiger partial charge in [0.2, 0.25) is 0 Å². The van der Waals surface area contributed by atoms with Gasteiger partial charge in [0, 0.05) is 6.54 Å². The summed E-state index contributed by atoms with van der Waals surface area (Å²) < 4.78 is 6.69. The molecule has 0 saturated heterocycles. The van der Waals surface area contributed by atoms with Crippen LogP contribution in [0.15, 0.2) is 48.5 Å². The fraction of sp³-hybridized carbons (Fsp3) is 0.176. The number of carbonyl (C=O) groups excluding carboxylic acids is 1. The summed E-state index contributed by atoms with van der Waals surface area (Å²) in [5, 5.41) is 9.52. The molecule has 112 valence electrons. The summed E-state index contributed by atoms with van der Waals surface area (Å²) in [5.74, 6) is 0.240. The molecule has 1 aromatic heterocycles. The molecular formula is C17H16N2O3. The van der Waals surface area contributed by atoms with Crippen LogP contribution in [0.4, 0.5) is 0 Å². The van der Waals surface area contributed by atoms with Crippen LogP contribution in [-0.4, -0.2) is 27.7 Å².